The number of H-pyrrole nitrogens is 1. The number of aromatic amines is 1. The summed E-state index contributed by atoms with van der Waals surface area (Å²) in [5.74, 6) is 0.236. The highest BCUT2D eigenvalue weighted by atomic mass is 16.5. The molecule has 3 rings (SSSR count). The van der Waals surface area contributed by atoms with Crippen molar-refractivity contribution in [2.45, 2.75) is 26.9 Å². The van der Waals surface area contributed by atoms with Crippen LogP contribution in [0.1, 0.15) is 16.8 Å². The molecule has 0 saturated carbocycles. The summed E-state index contributed by atoms with van der Waals surface area (Å²) in [6.07, 6.45) is 1.35. The number of hydrogen-bond acceptors (Lipinski definition) is 5. The van der Waals surface area contributed by atoms with Gasteiger partial charge in [-0.05, 0) is 13.8 Å². The van der Waals surface area contributed by atoms with E-state index < -0.39 is 11.2 Å². The first-order valence-corrected chi connectivity index (χ1v) is 8.02. The number of rotatable bonds is 5. The van der Waals surface area contributed by atoms with Gasteiger partial charge in [-0.15, -0.1) is 0 Å². The summed E-state index contributed by atoms with van der Waals surface area (Å²) in [5.41, 5.74) is 1.89. The second kappa shape index (κ2) is 7.22. The van der Waals surface area contributed by atoms with Crippen LogP contribution >= 0.6 is 0 Å². The van der Waals surface area contributed by atoms with Crippen LogP contribution in [0, 0.1) is 13.8 Å². The molecule has 1 amide bonds. The molecular weight excluding hydrogens is 336 g/mol. The van der Waals surface area contributed by atoms with Gasteiger partial charge in [0.15, 0.2) is 5.76 Å². The van der Waals surface area contributed by atoms with Gasteiger partial charge in [0.2, 0.25) is 5.91 Å². The van der Waals surface area contributed by atoms with Crippen LogP contribution in [0.2, 0.25) is 0 Å². The van der Waals surface area contributed by atoms with Gasteiger partial charge in [-0.1, -0.05) is 35.0 Å². The number of nitrogens with one attached hydrogen (secondary N) is 2. The van der Waals surface area contributed by atoms with Gasteiger partial charge in [-0.25, -0.2) is 4.79 Å². The van der Waals surface area contributed by atoms with Crippen LogP contribution in [0.3, 0.4) is 0 Å². The first-order valence-electron chi connectivity index (χ1n) is 8.02. The lowest BCUT2D eigenvalue weighted by Crippen LogP contribution is -2.36. The monoisotopic (exact) mass is 354 g/mol. The zero-order valence-electron chi connectivity index (χ0n) is 14.4. The molecule has 0 atom stereocenters. The van der Waals surface area contributed by atoms with Gasteiger partial charge >= 0.3 is 5.69 Å². The Morgan fingerprint density at radius 1 is 1.23 bits per heavy atom. The summed E-state index contributed by atoms with van der Waals surface area (Å²) in [7, 11) is 0. The fraction of sp³-hybridized carbons (Fsp3) is 0.222. The van der Waals surface area contributed by atoms with Gasteiger partial charge in [0.05, 0.1) is 6.54 Å². The van der Waals surface area contributed by atoms with Crippen LogP contribution in [-0.4, -0.2) is 20.6 Å². The minimum absolute atomic E-state index is 0.172. The number of aromatic nitrogens is 3. The van der Waals surface area contributed by atoms with Crippen molar-refractivity contribution in [1.29, 1.82) is 0 Å². The molecule has 0 aliphatic heterocycles. The molecule has 8 heteroatoms. The highest BCUT2D eigenvalue weighted by Gasteiger charge is 2.10. The van der Waals surface area contributed by atoms with Gasteiger partial charge in [0, 0.05) is 23.4 Å². The minimum atomic E-state index is -0.626. The van der Waals surface area contributed by atoms with E-state index in [0.717, 1.165) is 15.7 Å². The number of carbonyl (C=O) groups is 1. The highest BCUT2D eigenvalue weighted by Crippen LogP contribution is 2.20. The maximum Gasteiger partial charge on any atom is 0.328 e. The lowest BCUT2D eigenvalue weighted by atomic mass is 10.1. The zero-order chi connectivity index (χ0) is 18.7. The largest absolute Gasteiger partial charge is 0.356 e. The smallest absolute Gasteiger partial charge is 0.328 e. The fourth-order valence-electron chi connectivity index (χ4n) is 2.38. The maximum absolute atomic E-state index is 12.0. The van der Waals surface area contributed by atoms with Crippen LogP contribution in [0.4, 0.5) is 0 Å². The first-order chi connectivity index (χ1) is 12.4. The molecule has 2 N–H and O–H groups in total. The molecule has 2 heterocycles. The van der Waals surface area contributed by atoms with Crippen molar-refractivity contribution in [3.05, 3.63) is 74.2 Å². The average molecular weight is 354 g/mol. The van der Waals surface area contributed by atoms with Crippen LogP contribution in [-0.2, 0) is 17.9 Å². The average Bonchev–Trinajstić information content (AvgIpc) is 3.07. The zero-order valence-corrected chi connectivity index (χ0v) is 14.4. The van der Waals surface area contributed by atoms with E-state index >= 15 is 0 Å². The maximum atomic E-state index is 12.0. The molecule has 2 aromatic heterocycles. The number of nitrogens with zero attached hydrogens (tertiary/aromatic N) is 2. The summed E-state index contributed by atoms with van der Waals surface area (Å²) < 4.78 is 6.44. The third-order valence-corrected chi connectivity index (χ3v) is 3.86. The van der Waals surface area contributed by atoms with E-state index in [-0.39, 0.29) is 19.0 Å². The van der Waals surface area contributed by atoms with Crippen molar-refractivity contribution in [1.82, 2.24) is 20.0 Å². The second-order valence-corrected chi connectivity index (χ2v) is 6.02. The Kier molecular flexibility index (Phi) is 4.83. The van der Waals surface area contributed by atoms with E-state index in [1.54, 1.807) is 13.0 Å². The van der Waals surface area contributed by atoms with Crippen LogP contribution < -0.4 is 16.6 Å². The molecule has 0 bridgehead atoms. The van der Waals surface area contributed by atoms with E-state index in [1.165, 1.54) is 6.20 Å². The Morgan fingerprint density at radius 3 is 2.69 bits per heavy atom. The Labute approximate surface area is 148 Å². The van der Waals surface area contributed by atoms with Gasteiger partial charge in [0.25, 0.3) is 5.56 Å². The summed E-state index contributed by atoms with van der Waals surface area (Å²) >= 11 is 0. The number of carbonyl (C=O) groups excluding carboxylic acids is 1. The van der Waals surface area contributed by atoms with E-state index in [9.17, 15) is 14.4 Å². The molecule has 134 valence electrons. The predicted octanol–water partition coefficient (Wildman–Crippen LogP) is 1.12. The molecule has 3 aromatic rings. The predicted molar refractivity (Wildman–Crippen MR) is 94.6 cm³/mol. The van der Waals surface area contributed by atoms with Gasteiger partial charge in [-0.2, -0.15) is 0 Å². The lowest BCUT2D eigenvalue weighted by molar-refractivity contribution is -0.121. The molecule has 26 heavy (non-hydrogen) atoms. The Morgan fingerprint density at radius 2 is 1.96 bits per heavy atom. The Bertz CT molecular complexity index is 1040. The molecule has 0 unspecified atom stereocenters. The van der Waals surface area contributed by atoms with Gasteiger partial charge in [0.1, 0.15) is 12.2 Å². The highest BCUT2D eigenvalue weighted by molar-refractivity contribution is 5.75. The summed E-state index contributed by atoms with van der Waals surface area (Å²) in [6.45, 7) is 3.54. The Hall–Kier alpha value is -3.42. The molecule has 0 fully saturated rings. The molecule has 1 aromatic carbocycles. The van der Waals surface area contributed by atoms with E-state index in [2.05, 4.69) is 15.5 Å². The summed E-state index contributed by atoms with van der Waals surface area (Å²) in [4.78, 5) is 37.2. The molecule has 0 radical (unpaired) electrons. The minimum Gasteiger partial charge on any atom is -0.356 e. The van der Waals surface area contributed by atoms with Crippen molar-refractivity contribution in [2.24, 2.45) is 0 Å². The molecule has 0 saturated heterocycles. The third-order valence-electron chi connectivity index (χ3n) is 3.86. The fourth-order valence-corrected chi connectivity index (χ4v) is 2.38. The second-order valence-electron chi connectivity index (χ2n) is 6.02. The number of amides is 1. The first kappa shape index (κ1) is 17.4. The summed E-state index contributed by atoms with van der Waals surface area (Å²) in [5, 5.41) is 6.60. The standard InChI is InChI=1S/C18H18N4O4/c1-11-3-5-13(6-4-11)15-7-14(21-26-15)8-19-16(23)10-22-9-12(2)17(24)20-18(22)25/h3-7,9H,8,10H2,1-2H3,(H,19,23)(H,20,24,25). The van der Waals surface area contributed by atoms with Crippen LogP contribution in [0.15, 0.2) is 50.6 Å². The van der Waals surface area contributed by atoms with Crippen molar-refractivity contribution in [2.75, 3.05) is 0 Å². The molecular formula is C18H18N4O4. The molecule has 0 aliphatic carbocycles. The van der Waals surface area contributed by atoms with Crippen molar-refractivity contribution < 1.29 is 9.32 Å². The van der Waals surface area contributed by atoms with Crippen molar-refractivity contribution in [3.8, 4) is 11.3 Å². The van der Waals surface area contributed by atoms with E-state index in [1.807, 2.05) is 31.2 Å². The Balaban J connectivity index is 1.62. The normalized spacial score (nSPS) is 10.7. The number of hydrogen-bond donors (Lipinski definition) is 2. The molecule has 0 aliphatic rings. The topological polar surface area (TPSA) is 110 Å². The number of benzene rings is 1. The quantitative estimate of drug-likeness (QED) is 0.713. The van der Waals surface area contributed by atoms with Crippen LogP contribution in [0.5, 0.6) is 0 Å². The van der Waals surface area contributed by atoms with Crippen LogP contribution in [0.25, 0.3) is 11.3 Å². The van der Waals surface area contributed by atoms with Gasteiger partial charge in [-0.3, -0.25) is 19.1 Å². The molecule has 0 spiro atoms. The summed E-state index contributed by atoms with van der Waals surface area (Å²) in [6, 6.07) is 9.57. The third kappa shape index (κ3) is 3.97. The van der Waals surface area contributed by atoms with Crippen molar-refractivity contribution >= 4 is 5.91 Å². The van der Waals surface area contributed by atoms with Gasteiger partial charge < -0.3 is 9.84 Å². The lowest BCUT2D eigenvalue weighted by Gasteiger charge is -2.06. The SMILES string of the molecule is Cc1ccc(-c2cc(CNC(=O)Cn3cc(C)c(=O)[nH]c3=O)no2)cc1. The molecule has 8 nitrogen and oxygen atoms in total. The van der Waals surface area contributed by atoms with Crippen molar-refractivity contribution in [3.63, 3.8) is 0 Å². The van der Waals surface area contributed by atoms with E-state index in [0.29, 0.717) is 17.0 Å². The number of aryl methyl sites for hydroxylation is 2. The van der Waals surface area contributed by atoms with E-state index in [4.69, 9.17) is 4.52 Å².